The molecule has 0 unspecified atom stereocenters. The molecule has 0 radical (unpaired) electrons. The number of thioether (sulfide) groups is 1. The standard InChI is InChI=1S/C21H22ClNO3S2/c1-4-26-20(25)19-16-10-7-14(11-23(2)3)18(24)17(16)21(28-19)27-12-13-5-8-15(22)9-6-13/h5-6,8-9,11H,4,7,10,12H2,1-3H3. The normalized spacial score (nSPS) is 14.9. The number of carbonyl (C=O) groups excluding carboxylic acids is 2. The maximum atomic E-state index is 13.2. The van der Waals surface area contributed by atoms with E-state index >= 15 is 0 Å². The predicted octanol–water partition coefficient (Wildman–Crippen LogP) is 5.44. The first-order valence-corrected chi connectivity index (χ1v) is 11.2. The second-order valence-corrected chi connectivity index (χ2v) is 9.36. The number of rotatable bonds is 6. The number of carbonyl (C=O) groups is 2. The molecule has 0 amide bonds. The summed E-state index contributed by atoms with van der Waals surface area (Å²) in [5.74, 6) is 0.377. The van der Waals surface area contributed by atoms with Crippen LogP contribution >= 0.6 is 34.7 Å². The molecule has 0 saturated carbocycles. The molecule has 0 saturated heterocycles. The quantitative estimate of drug-likeness (QED) is 0.343. The number of fused-ring (bicyclic) bond motifs is 1. The molecule has 7 heteroatoms. The number of hydrogen-bond acceptors (Lipinski definition) is 6. The van der Waals surface area contributed by atoms with E-state index in [4.69, 9.17) is 16.3 Å². The molecule has 0 N–H and O–H groups in total. The number of ketones is 1. The summed E-state index contributed by atoms with van der Waals surface area (Å²) in [5.41, 5.74) is 3.40. The zero-order valence-electron chi connectivity index (χ0n) is 16.1. The van der Waals surface area contributed by atoms with Crippen molar-refractivity contribution in [1.29, 1.82) is 0 Å². The van der Waals surface area contributed by atoms with Crippen LogP contribution in [0.15, 0.2) is 40.2 Å². The van der Waals surface area contributed by atoms with Crippen molar-refractivity contribution in [1.82, 2.24) is 4.90 Å². The Labute approximate surface area is 178 Å². The van der Waals surface area contributed by atoms with Gasteiger partial charge < -0.3 is 9.64 Å². The van der Waals surface area contributed by atoms with Crippen molar-refractivity contribution >= 4 is 46.5 Å². The summed E-state index contributed by atoms with van der Waals surface area (Å²) in [7, 11) is 3.81. The van der Waals surface area contributed by atoms with Gasteiger partial charge in [-0.15, -0.1) is 23.1 Å². The number of thiophene rings is 1. The third-order valence-corrected chi connectivity index (χ3v) is 7.10. The van der Waals surface area contributed by atoms with Gasteiger partial charge in [0.2, 0.25) is 0 Å². The molecule has 1 aromatic carbocycles. The van der Waals surface area contributed by atoms with Crippen LogP contribution in [-0.2, 0) is 16.9 Å². The fraction of sp³-hybridized carbons (Fsp3) is 0.333. The van der Waals surface area contributed by atoms with E-state index in [2.05, 4.69) is 0 Å². The van der Waals surface area contributed by atoms with Crippen LogP contribution < -0.4 is 0 Å². The smallest absolute Gasteiger partial charge is 0.348 e. The van der Waals surface area contributed by atoms with Crippen LogP contribution in [0.1, 0.15) is 44.5 Å². The van der Waals surface area contributed by atoms with Crippen LogP contribution in [0.3, 0.4) is 0 Å². The van der Waals surface area contributed by atoms with Crippen molar-refractivity contribution in [3.05, 3.63) is 62.6 Å². The summed E-state index contributed by atoms with van der Waals surface area (Å²) in [6, 6.07) is 7.66. The highest BCUT2D eigenvalue weighted by Crippen LogP contribution is 2.42. The second-order valence-electron chi connectivity index (χ2n) is 6.65. The Kier molecular flexibility index (Phi) is 6.86. The first-order chi connectivity index (χ1) is 13.4. The second kappa shape index (κ2) is 9.16. The largest absolute Gasteiger partial charge is 0.462 e. The van der Waals surface area contributed by atoms with Crippen molar-refractivity contribution in [2.45, 2.75) is 29.7 Å². The maximum absolute atomic E-state index is 13.2. The van der Waals surface area contributed by atoms with Gasteiger partial charge in [0.05, 0.1) is 16.4 Å². The van der Waals surface area contributed by atoms with Gasteiger partial charge in [-0.25, -0.2) is 4.79 Å². The fourth-order valence-corrected chi connectivity index (χ4v) is 5.68. The molecule has 148 valence electrons. The number of Topliss-reactive ketones (excluding diaryl/α,β-unsaturated/α-hetero) is 1. The molecular formula is C21H22ClNO3S2. The minimum atomic E-state index is -0.338. The van der Waals surface area contributed by atoms with Crippen LogP contribution in [0.25, 0.3) is 0 Å². The average Bonchev–Trinajstić information content (AvgIpc) is 3.03. The molecule has 1 aromatic heterocycles. The van der Waals surface area contributed by atoms with Gasteiger partial charge >= 0.3 is 5.97 Å². The van der Waals surface area contributed by atoms with Gasteiger partial charge in [-0.05, 0) is 43.0 Å². The molecule has 28 heavy (non-hydrogen) atoms. The Bertz CT molecular complexity index is 916. The van der Waals surface area contributed by atoms with E-state index in [1.807, 2.05) is 49.5 Å². The number of ether oxygens (including phenoxy) is 1. The van der Waals surface area contributed by atoms with Crippen LogP contribution in [0, 0.1) is 0 Å². The topological polar surface area (TPSA) is 46.6 Å². The molecule has 0 spiro atoms. The maximum Gasteiger partial charge on any atom is 0.348 e. The Morgan fingerprint density at radius 2 is 2.00 bits per heavy atom. The van der Waals surface area contributed by atoms with Crippen LogP contribution in [-0.4, -0.2) is 37.4 Å². The number of esters is 1. The highest BCUT2D eigenvalue weighted by molar-refractivity contribution is 8.00. The third-order valence-electron chi connectivity index (χ3n) is 4.30. The highest BCUT2D eigenvalue weighted by atomic mass is 35.5. The van der Waals surface area contributed by atoms with Crippen molar-refractivity contribution < 1.29 is 14.3 Å². The number of allylic oxidation sites excluding steroid dienone is 1. The van der Waals surface area contributed by atoms with Crippen LogP contribution in [0.5, 0.6) is 0 Å². The third kappa shape index (κ3) is 4.62. The van der Waals surface area contributed by atoms with Crippen molar-refractivity contribution in [3.63, 3.8) is 0 Å². The summed E-state index contributed by atoms with van der Waals surface area (Å²) in [4.78, 5) is 28.0. The SMILES string of the molecule is CCOC(=O)c1sc(SCc2ccc(Cl)cc2)c2c1CCC(=CN(C)C)C2=O. The number of halogens is 1. The molecule has 0 fully saturated rings. The monoisotopic (exact) mass is 435 g/mol. The van der Waals surface area contributed by atoms with E-state index in [1.165, 1.54) is 11.3 Å². The van der Waals surface area contributed by atoms with Gasteiger partial charge in [-0.2, -0.15) is 0 Å². The molecule has 1 aliphatic carbocycles. The molecule has 0 atom stereocenters. The van der Waals surface area contributed by atoms with E-state index in [-0.39, 0.29) is 11.8 Å². The Morgan fingerprint density at radius 3 is 2.64 bits per heavy atom. The first kappa shape index (κ1) is 21.0. The summed E-state index contributed by atoms with van der Waals surface area (Å²) >= 11 is 8.91. The Morgan fingerprint density at radius 1 is 1.29 bits per heavy atom. The molecule has 1 aliphatic rings. The molecule has 3 rings (SSSR count). The molecule has 0 bridgehead atoms. The summed E-state index contributed by atoms with van der Waals surface area (Å²) in [5, 5.41) is 0.695. The van der Waals surface area contributed by atoms with Crippen LogP contribution in [0.2, 0.25) is 5.02 Å². The molecule has 2 aromatic rings. The van der Waals surface area contributed by atoms with E-state index in [1.54, 1.807) is 18.7 Å². The lowest BCUT2D eigenvalue weighted by Crippen LogP contribution is -2.18. The number of hydrogen-bond donors (Lipinski definition) is 0. The number of nitrogens with zero attached hydrogens (tertiary/aromatic N) is 1. The number of benzene rings is 1. The van der Waals surface area contributed by atoms with Crippen LogP contribution in [0.4, 0.5) is 0 Å². The first-order valence-electron chi connectivity index (χ1n) is 9.02. The molecule has 4 nitrogen and oxygen atoms in total. The average molecular weight is 436 g/mol. The van der Waals surface area contributed by atoms with Gasteiger partial charge in [-0.1, -0.05) is 23.7 Å². The highest BCUT2D eigenvalue weighted by Gasteiger charge is 2.32. The van der Waals surface area contributed by atoms with E-state index in [9.17, 15) is 9.59 Å². The minimum Gasteiger partial charge on any atom is -0.462 e. The molecule has 0 aliphatic heterocycles. The van der Waals surface area contributed by atoms with E-state index in [0.29, 0.717) is 40.7 Å². The van der Waals surface area contributed by atoms with Crippen molar-refractivity contribution in [2.24, 2.45) is 0 Å². The molecule has 1 heterocycles. The zero-order chi connectivity index (χ0) is 20.3. The minimum absolute atomic E-state index is 0.0142. The lowest BCUT2D eigenvalue weighted by molar-refractivity contribution is 0.0531. The Hall–Kier alpha value is -1.76. The summed E-state index contributed by atoms with van der Waals surface area (Å²) < 4.78 is 6.10. The summed E-state index contributed by atoms with van der Waals surface area (Å²) in [6.45, 7) is 2.11. The van der Waals surface area contributed by atoms with Gasteiger partial charge in [0, 0.05) is 36.6 Å². The predicted molar refractivity (Wildman–Crippen MR) is 116 cm³/mol. The van der Waals surface area contributed by atoms with Gasteiger partial charge in [0.15, 0.2) is 5.78 Å². The summed E-state index contributed by atoms with van der Waals surface area (Å²) in [6.07, 6.45) is 3.18. The molecular weight excluding hydrogens is 414 g/mol. The van der Waals surface area contributed by atoms with Crippen molar-refractivity contribution in [2.75, 3.05) is 20.7 Å². The van der Waals surface area contributed by atoms with E-state index < -0.39 is 0 Å². The Balaban J connectivity index is 1.95. The fourth-order valence-electron chi connectivity index (χ4n) is 3.07. The van der Waals surface area contributed by atoms with Gasteiger partial charge in [-0.3, -0.25) is 4.79 Å². The lowest BCUT2D eigenvalue weighted by atomic mass is 9.89. The van der Waals surface area contributed by atoms with Gasteiger partial charge in [0.25, 0.3) is 0 Å². The van der Waals surface area contributed by atoms with Gasteiger partial charge in [0.1, 0.15) is 4.88 Å². The van der Waals surface area contributed by atoms with E-state index in [0.717, 1.165) is 20.9 Å². The van der Waals surface area contributed by atoms with Crippen molar-refractivity contribution in [3.8, 4) is 0 Å². The zero-order valence-corrected chi connectivity index (χ0v) is 18.5. The lowest BCUT2D eigenvalue weighted by Gasteiger charge is -2.18.